The summed E-state index contributed by atoms with van der Waals surface area (Å²) in [6, 6.07) is 4.10. The van der Waals surface area contributed by atoms with Gasteiger partial charge >= 0.3 is 0 Å². The molecule has 1 saturated heterocycles. The standard InChI is InChI=1S/C12H17NOS2/c1-10-4-2-6-13(8-10)11(14)9-16-12-5-3-7-15-12/h3,5,7,10H,2,4,6,8-9H2,1H3. The Morgan fingerprint density at radius 2 is 2.56 bits per heavy atom. The number of thiophene rings is 1. The van der Waals surface area contributed by atoms with Crippen LogP contribution < -0.4 is 0 Å². The summed E-state index contributed by atoms with van der Waals surface area (Å²) in [7, 11) is 0. The van der Waals surface area contributed by atoms with E-state index in [1.54, 1.807) is 23.1 Å². The fourth-order valence-electron chi connectivity index (χ4n) is 1.99. The molecule has 4 heteroatoms. The molecule has 0 bridgehead atoms. The summed E-state index contributed by atoms with van der Waals surface area (Å²) in [5, 5.41) is 2.05. The fraction of sp³-hybridized carbons (Fsp3) is 0.583. The van der Waals surface area contributed by atoms with Crippen molar-refractivity contribution < 1.29 is 4.79 Å². The van der Waals surface area contributed by atoms with Crippen molar-refractivity contribution in [3.63, 3.8) is 0 Å². The van der Waals surface area contributed by atoms with Crippen LogP contribution in [0.4, 0.5) is 0 Å². The molecule has 0 N–H and O–H groups in total. The van der Waals surface area contributed by atoms with Crippen molar-refractivity contribution >= 4 is 29.0 Å². The van der Waals surface area contributed by atoms with Gasteiger partial charge in [-0.05, 0) is 30.2 Å². The average Bonchev–Trinajstić information content (AvgIpc) is 2.78. The Kier molecular flexibility index (Phi) is 4.29. The van der Waals surface area contributed by atoms with Gasteiger partial charge in [0.2, 0.25) is 5.91 Å². The molecule has 1 aliphatic rings. The number of carbonyl (C=O) groups is 1. The van der Waals surface area contributed by atoms with Crippen LogP contribution in [-0.4, -0.2) is 29.6 Å². The normalized spacial score (nSPS) is 21.1. The van der Waals surface area contributed by atoms with Gasteiger partial charge in [0, 0.05) is 13.1 Å². The minimum atomic E-state index is 0.296. The predicted molar refractivity (Wildman–Crippen MR) is 70.0 cm³/mol. The van der Waals surface area contributed by atoms with E-state index in [1.807, 2.05) is 11.0 Å². The van der Waals surface area contributed by atoms with Gasteiger partial charge in [-0.1, -0.05) is 13.0 Å². The molecule has 0 spiro atoms. The maximum absolute atomic E-state index is 11.9. The number of nitrogens with zero attached hydrogens (tertiary/aromatic N) is 1. The number of rotatable bonds is 3. The molecule has 0 aromatic carbocycles. The molecule has 1 aromatic heterocycles. The second-order valence-electron chi connectivity index (χ2n) is 4.31. The Balaban J connectivity index is 1.79. The number of likely N-dealkylation sites (tertiary alicyclic amines) is 1. The van der Waals surface area contributed by atoms with Crippen LogP contribution in [-0.2, 0) is 4.79 Å². The van der Waals surface area contributed by atoms with Gasteiger partial charge < -0.3 is 4.90 Å². The van der Waals surface area contributed by atoms with E-state index in [0.717, 1.165) is 19.5 Å². The first kappa shape index (κ1) is 12.0. The van der Waals surface area contributed by atoms with Crippen LogP contribution in [0.25, 0.3) is 0 Å². The van der Waals surface area contributed by atoms with Gasteiger partial charge in [-0.2, -0.15) is 0 Å². The first-order chi connectivity index (χ1) is 7.75. The van der Waals surface area contributed by atoms with Crippen LogP contribution in [0.3, 0.4) is 0 Å². The highest BCUT2D eigenvalue weighted by Gasteiger charge is 2.20. The Labute approximate surface area is 105 Å². The van der Waals surface area contributed by atoms with Gasteiger partial charge in [-0.15, -0.1) is 23.1 Å². The highest BCUT2D eigenvalue weighted by molar-refractivity contribution is 8.01. The van der Waals surface area contributed by atoms with Crippen LogP contribution in [0, 0.1) is 5.92 Å². The lowest BCUT2D eigenvalue weighted by atomic mass is 10.0. The monoisotopic (exact) mass is 255 g/mol. The molecule has 1 atom stereocenters. The number of carbonyl (C=O) groups excluding carboxylic acids is 1. The van der Waals surface area contributed by atoms with Crippen LogP contribution in [0.2, 0.25) is 0 Å². The van der Waals surface area contributed by atoms with E-state index < -0.39 is 0 Å². The highest BCUT2D eigenvalue weighted by atomic mass is 32.2. The van der Waals surface area contributed by atoms with E-state index in [9.17, 15) is 4.79 Å². The second-order valence-corrected chi connectivity index (χ2v) is 6.53. The zero-order chi connectivity index (χ0) is 11.4. The number of amides is 1. The lowest BCUT2D eigenvalue weighted by Gasteiger charge is -2.30. The molecule has 16 heavy (non-hydrogen) atoms. The van der Waals surface area contributed by atoms with Crippen LogP contribution in [0.1, 0.15) is 19.8 Å². The molecule has 1 amide bonds. The van der Waals surface area contributed by atoms with Crippen molar-refractivity contribution in [1.29, 1.82) is 0 Å². The Hall–Kier alpha value is -0.480. The Bertz CT molecular complexity index is 337. The fourth-order valence-corrected chi connectivity index (χ4v) is 3.67. The molecule has 1 aromatic rings. The predicted octanol–water partition coefficient (Wildman–Crippen LogP) is 3.10. The van der Waals surface area contributed by atoms with E-state index in [4.69, 9.17) is 0 Å². The molecular weight excluding hydrogens is 238 g/mol. The van der Waals surface area contributed by atoms with Gasteiger partial charge in [0.25, 0.3) is 0 Å². The van der Waals surface area contributed by atoms with E-state index in [-0.39, 0.29) is 0 Å². The van der Waals surface area contributed by atoms with E-state index >= 15 is 0 Å². The summed E-state index contributed by atoms with van der Waals surface area (Å²) >= 11 is 3.36. The van der Waals surface area contributed by atoms with Crippen molar-refractivity contribution in [2.24, 2.45) is 5.92 Å². The molecule has 88 valence electrons. The van der Waals surface area contributed by atoms with Gasteiger partial charge in [0.15, 0.2) is 0 Å². The molecule has 2 heterocycles. The maximum Gasteiger partial charge on any atom is 0.232 e. The SMILES string of the molecule is CC1CCCN(C(=O)CSc2cccs2)C1. The van der Waals surface area contributed by atoms with Crippen molar-refractivity contribution in [1.82, 2.24) is 4.90 Å². The van der Waals surface area contributed by atoms with Crippen molar-refractivity contribution in [2.75, 3.05) is 18.8 Å². The largest absolute Gasteiger partial charge is 0.342 e. The Morgan fingerprint density at radius 1 is 1.69 bits per heavy atom. The summed E-state index contributed by atoms with van der Waals surface area (Å²) in [5.41, 5.74) is 0. The smallest absolute Gasteiger partial charge is 0.232 e. The average molecular weight is 255 g/mol. The number of thioether (sulfide) groups is 1. The highest BCUT2D eigenvalue weighted by Crippen LogP contribution is 2.24. The third-order valence-corrected chi connectivity index (χ3v) is 4.96. The summed E-state index contributed by atoms with van der Waals surface area (Å²) in [6.45, 7) is 4.13. The number of hydrogen-bond acceptors (Lipinski definition) is 3. The third-order valence-electron chi connectivity index (χ3n) is 2.84. The molecular formula is C12H17NOS2. The quantitative estimate of drug-likeness (QED) is 0.774. The van der Waals surface area contributed by atoms with E-state index in [2.05, 4.69) is 18.4 Å². The summed E-state index contributed by atoms with van der Waals surface area (Å²) < 4.78 is 1.23. The zero-order valence-electron chi connectivity index (χ0n) is 9.52. The van der Waals surface area contributed by atoms with Crippen LogP contribution >= 0.6 is 23.1 Å². The van der Waals surface area contributed by atoms with Crippen molar-refractivity contribution in [3.05, 3.63) is 17.5 Å². The van der Waals surface area contributed by atoms with Crippen LogP contribution in [0.5, 0.6) is 0 Å². The molecule has 0 radical (unpaired) electrons. The minimum Gasteiger partial charge on any atom is -0.342 e. The molecule has 2 nitrogen and oxygen atoms in total. The first-order valence-electron chi connectivity index (χ1n) is 5.70. The lowest BCUT2D eigenvalue weighted by molar-refractivity contribution is -0.130. The molecule has 1 unspecified atom stereocenters. The summed E-state index contributed by atoms with van der Waals surface area (Å²) in [4.78, 5) is 14.0. The summed E-state index contributed by atoms with van der Waals surface area (Å²) in [6.07, 6.45) is 2.43. The van der Waals surface area contributed by atoms with Crippen LogP contribution in [0.15, 0.2) is 21.7 Å². The molecule has 1 fully saturated rings. The molecule has 2 rings (SSSR count). The van der Waals surface area contributed by atoms with Gasteiger partial charge in [0.1, 0.15) is 0 Å². The summed E-state index contributed by atoms with van der Waals surface area (Å²) in [5.74, 6) is 1.56. The van der Waals surface area contributed by atoms with Crippen molar-refractivity contribution in [3.8, 4) is 0 Å². The number of piperidine rings is 1. The Morgan fingerprint density at radius 3 is 3.25 bits per heavy atom. The minimum absolute atomic E-state index is 0.296. The number of hydrogen-bond donors (Lipinski definition) is 0. The lowest BCUT2D eigenvalue weighted by Crippen LogP contribution is -2.40. The molecule has 1 aliphatic heterocycles. The van der Waals surface area contributed by atoms with Gasteiger partial charge in [0.05, 0.1) is 9.96 Å². The van der Waals surface area contributed by atoms with Gasteiger partial charge in [-0.25, -0.2) is 0 Å². The third kappa shape index (κ3) is 3.25. The topological polar surface area (TPSA) is 20.3 Å². The van der Waals surface area contributed by atoms with Crippen molar-refractivity contribution in [2.45, 2.75) is 24.0 Å². The second kappa shape index (κ2) is 5.73. The van der Waals surface area contributed by atoms with E-state index in [0.29, 0.717) is 17.6 Å². The zero-order valence-corrected chi connectivity index (χ0v) is 11.1. The molecule has 0 aliphatic carbocycles. The van der Waals surface area contributed by atoms with E-state index in [1.165, 1.54) is 10.6 Å². The first-order valence-corrected chi connectivity index (χ1v) is 7.56. The molecule has 0 saturated carbocycles. The maximum atomic E-state index is 11.9. The van der Waals surface area contributed by atoms with Gasteiger partial charge in [-0.3, -0.25) is 4.79 Å².